The SMILES string of the molecule is Nc1nn(Cc2ccc(-n3ccccc3=O)cc2)cc1C(=O)NCCOc1cccc(Cl)c1. The van der Waals surface area contributed by atoms with E-state index in [0.29, 0.717) is 29.4 Å². The monoisotopic (exact) mass is 463 g/mol. The number of amides is 1. The Kier molecular flexibility index (Phi) is 6.75. The smallest absolute Gasteiger partial charge is 0.256 e. The molecule has 9 heteroatoms. The second-order valence-electron chi connectivity index (χ2n) is 7.26. The van der Waals surface area contributed by atoms with E-state index in [1.165, 1.54) is 6.07 Å². The van der Waals surface area contributed by atoms with Crippen LogP contribution in [0, 0.1) is 0 Å². The highest BCUT2D eigenvalue weighted by Crippen LogP contribution is 2.17. The zero-order valence-electron chi connectivity index (χ0n) is 17.6. The number of anilines is 1. The molecule has 4 aromatic rings. The van der Waals surface area contributed by atoms with Crippen LogP contribution in [-0.2, 0) is 6.54 Å². The van der Waals surface area contributed by atoms with Crippen molar-refractivity contribution < 1.29 is 9.53 Å². The summed E-state index contributed by atoms with van der Waals surface area (Å²) in [5.74, 6) is 0.454. The molecule has 2 aromatic heterocycles. The van der Waals surface area contributed by atoms with E-state index in [1.54, 1.807) is 58.0 Å². The summed E-state index contributed by atoms with van der Waals surface area (Å²) >= 11 is 5.92. The molecule has 2 aromatic carbocycles. The van der Waals surface area contributed by atoms with Crippen LogP contribution in [0.4, 0.5) is 5.82 Å². The lowest BCUT2D eigenvalue weighted by molar-refractivity contribution is 0.0947. The van der Waals surface area contributed by atoms with Crippen LogP contribution in [0.25, 0.3) is 5.69 Å². The minimum atomic E-state index is -0.327. The third-order valence-electron chi connectivity index (χ3n) is 4.87. The molecule has 0 fully saturated rings. The molecule has 0 spiro atoms. The Morgan fingerprint density at radius 1 is 1.09 bits per heavy atom. The molecule has 0 bridgehead atoms. The molecule has 4 rings (SSSR count). The fraction of sp³-hybridized carbons (Fsp3) is 0.125. The van der Waals surface area contributed by atoms with Crippen molar-refractivity contribution in [1.82, 2.24) is 19.7 Å². The maximum atomic E-state index is 12.5. The Morgan fingerprint density at radius 2 is 1.91 bits per heavy atom. The van der Waals surface area contributed by atoms with Crippen LogP contribution in [0.2, 0.25) is 5.02 Å². The number of benzene rings is 2. The fourth-order valence-corrected chi connectivity index (χ4v) is 3.45. The first-order valence-corrected chi connectivity index (χ1v) is 10.6. The first-order valence-electron chi connectivity index (χ1n) is 10.3. The van der Waals surface area contributed by atoms with Gasteiger partial charge in [0.1, 0.15) is 17.9 Å². The minimum Gasteiger partial charge on any atom is -0.492 e. The highest BCUT2D eigenvalue weighted by atomic mass is 35.5. The Labute approximate surface area is 195 Å². The van der Waals surface area contributed by atoms with E-state index in [0.717, 1.165) is 11.3 Å². The minimum absolute atomic E-state index is 0.0984. The van der Waals surface area contributed by atoms with Gasteiger partial charge in [0.2, 0.25) is 0 Å². The van der Waals surface area contributed by atoms with E-state index >= 15 is 0 Å². The van der Waals surface area contributed by atoms with Crippen LogP contribution in [0.15, 0.2) is 83.9 Å². The number of nitrogens with zero attached hydrogens (tertiary/aromatic N) is 3. The zero-order valence-corrected chi connectivity index (χ0v) is 18.4. The van der Waals surface area contributed by atoms with E-state index in [2.05, 4.69) is 10.4 Å². The standard InChI is InChI=1S/C24H22ClN5O3/c25-18-4-3-5-20(14-18)33-13-11-27-24(32)21-16-29(28-23(21)26)15-17-7-9-19(10-8-17)30-12-2-1-6-22(30)31/h1-10,12,14,16H,11,13,15H2,(H2,26,28)(H,27,32). The lowest BCUT2D eigenvalue weighted by Gasteiger charge is -2.07. The largest absolute Gasteiger partial charge is 0.492 e. The Hall–Kier alpha value is -4.04. The van der Waals surface area contributed by atoms with Gasteiger partial charge in [-0.1, -0.05) is 35.9 Å². The Morgan fingerprint density at radius 3 is 2.67 bits per heavy atom. The summed E-state index contributed by atoms with van der Waals surface area (Å²) in [6.45, 7) is 1.02. The molecule has 33 heavy (non-hydrogen) atoms. The quantitative estimate of drug-likeness (QED) is 0.391. The van der Waals surface area contributed by atoms with Gasteiger partial charge in [0.05, 0.1) is 13.1 Å². The molecular formula is C24H22ClN5O3. The van der Waals surface area contributed by atoms with Gasteiger partial charge in [0.25, 0.3) is 11.5 Å². The van der Waals surface area contributed by atoms with Crippen molar-refractivity contribution in [2.45, 2.75) is 6.54 Å². The van der Waals surface area contributed by atoms with Gasteiger partial charge in [0.15, 0.2) is 5.82 Å². The van der Waals surface area contributed by atoms with Crippen LogP contribution in [0.5, 0.6) is 5.75 Å². The predicted molar refractivity (Wildman–Crippen MR) is 127 cm³/mol. The van der Waals surface area contributed by atoms with Gasteiger partial charge in [-0.05, 0) is 42.0 Å². The summed E-state index contributed by atoms with van der Waals surface area (Å²) in [5.41, 5.74) is 7.86. The number of hydrogen-bond donors (Lipinski definition) is 2. The summed E-state index contributed by atoms with van der Waals surface area (Å²) in [6, 6.07) is 19.6. The van der Waals surface area contributed by atoms with E-state index < -0.39 is 0 Å². The second kappa shape index (κ2) is 10.1. The van der Waals surface area contributed by atoms with Crippen LogP contribution in [0.1, 0.15) is 15.9 Å². The van der Waals surface area contributed by atoms with E-state index in [1.807, 2.05) is 24.3 Å². The maximum absolute atomic E-state index is 12.5. The van der Waals surface area contributed by atoms with Gasteiger partial charge >= 0.3 is 0 Å². The number of ether oxygens (including phenoxy) is 1. The normalized spacial score (nSPS) is 10.7. The van der Waals surface area contributed by atoms with Crippen molar-refractivity contribution in [3.05, 3.63) is 106 Å². The molecule has 0 aliphatic rings. The first-order chi connectivity index (χ1) is 16.0. The molecule has 1 amide bonds. The maximum Gasteiger partial charge on any atom is 0.256 e. The second-order valence-corrected chi connectivity index (χ2v) is 7.70. The van der Waals surface area contributed by atoms with Crippen molar-refractivity contribution in [2.24, 2.45) is 0 Å². The van der Waals surface area contributed by atoms with Crippen molar-refractivity contribution in [3.63, 3.8) is 0 Å². The molecule has 0 saturated carbocycles. The molecule has 168 valence electrons. The van der Waals surface area contributed by atoms with Gasteiger partial charge < -0.3 is 15.8 Å². The third-order valence-corrected chi connectivity index (χ3v) is 5.10. The van der Waals surface area contributed by atoms with Crippen LogP contribution < -0.4 is 21.3 Å². The average Bonchev–Trinajstić information content (AvgIpc) is 3.17. The Bertz CT molecular complexity index is 1310. The predicted octanol–water partition coefficient (Wildman–Crippen LogP) is 3.13. The number of nitrogens with one attached hydrogen (secondary N) is 1. The van der Waals surface area contributed by atoms with Crippen molar-refractivity contribution in [2.75, 3.05) is 18.9 Å². The van der Waals surface area contributed by atoms with Crippen molar-refractivity contribution in [1.29, 1.82) is 0 Å². The number of nitrogens with two attached hydrogens (primary N) is 1. The number of rotatable bonds is 8. The molecule has 0 saturated heterocycles. The van der Waals surface area contributed by atoms with Gasteiger partial charge in [-0.2, -0.15) is 5.10 Å². The number of carbonyl (C=O) groups is 1. The summed E-state index contributed by atoms with van der Waals surface area (Å²) in [7, 11) is 0. The highest BCUT2D eigenvalue weighted by Gasteiger charge is 2.14. The van der Waals surface area contributed by atoms with Crippen molar-refractivity contribution in [3.8, 4) is 11.4 Å². The fourth-order valence-electron chi connectivity index (χ4n) is 3.27. The van der Waals surface area contributed by atoms with Gasteiger partial charge in [-0.3, -0.25) is 18.8 Å². The molecule has 2 heterocycles. The van der Waals surface area contributed by atoms with Gasteiger partial charge in [-0.15, -0.1) is 0 Å². The molecular weight excluding hydrogens is 442 g/mol. The summed E-state index contributed by atoms with van der Waals surface area (Å²) in [5, 5.41) is 7.59. The Balaban J connectivity index is 1.33. The third kappa shape index (κ3) is 5.61. The van der Waals surface area contributed by atoms with E-state index in [9.17, 15) is 9.59 Å². The number of nitrogen functional groups attached to an aromatic ring is 1. The molecule has 0 aliphatic carbocycles. The molecule has 0 radical (unpaired) electrons. The topological polar surface area (TPSA) is 104 Å². The van der Waals surface area contributed by atoms with Gasteiger partial charge in [-0.25, -0.2) is 0 Å². The summed E-state index contributed by atoms with van der Waals surface area (Å²) in [4.78, 5) is 24.4. The van der Waals surface area contributed by atoms with E-state index in [-0.39, 0.29) is 23.9 Å². The summed E-state index contributed by atoms with van der Waals surface area (Å²) in [6.07, 6.45) is 3.33. The van der Waals surface area contributed by atoms with Crippen LogP contribution in [0.3, 0.4) is 0 Å². The lowest BCUT2D eigenvalue weighted by atomic mass is 10.2. The van der Waals surface area contributed by atoms with Crippen LogP contribution in [-0.4, -0.2) is 33.4 Å². The lowest BCUT2D eigenvalue weighted by Crippen LogP contribution is -2.28. The van der Waals surface area contributed by atoms with Crippen molar-refractivity contribution >= 4 is 23.3 Å². The van der Waals surface area contributed by atoms with Crippen LogP contribution >= 0.6 is 11.6 Å². The highest BCUT2D eigenvalue weighted by molar-refractivity contribution is 6.30. The number of pyridine rings is 1. The van der Waals surface area contributed by atoms with Gasteiger partial charge in [0, 0.05) is 29.2 Å². The summed E-state index contributed by atoms with van der Waals surface area (Å²) < 4.78 is 8.74. The zero-order chi connectivity index (χ0) is 23.2. The average molecular weight is 464 g/mol. The number of aromatic nitrogens is 3. The number of hydrogen-bond acceptors (Lipinski definition) is 5. The number of halogens is 1. The molecule has 3 N–H and O–H groups in total. The first kappa shape index (κ1) is 22.2. The molecule has 8 nitrogen and oxygen atoms in total. The molecule has 0 aliphatic heterocycles. The molecule has 0 unspecified atom stereocenters. The van der Waals surface area contributed by atoms with E-state index in [4.69, 9.17) is 22.1 Å². The number of carbonyl (C=O) groups excluding carboxylic acids is 1. The molecule has 0 atom stereocenters.